The van der Waals surface area contributed by atoms with Crippen LogP contribution in [0.4, 0.5) is 0 Å². The molecule has 1 aromatic heterocycles. The smallest absolute Gasteiger partial charge is 0.134 e. The highest BCUT2D eigenvalue weighted by Gasteiger charge is 2.18. The normalized spacial score (nSPS) is 12.2. The first-order chi connectivity index (χ1) is 9.69. The molecule has 3 nitrogen and oxygen atoms in total. The highest BCUT2D eigenvalue weighted by atomic mass is 35.5. The summed E-state index contributed by atoms with van der Waals surface area (Å²) in [4.78, 5) is 1.18. The zero-order valence-electron chi connectivity index (χ0n) is 11.8. The van der Waals surface area contributed by atoms with E-state index in [9.17, 15) is 0 Å². The Labute approximate surface area is 128 Å². The first-order valence-electron chi connectivity index (χ1n) is 6.30. The van der Waals surface area contributed by atoms with Crippen LogP contribution in [0.1, 0.15) is 16.5 Å². The van der Waals surface area contributed by atoms with Crippen LogP contribution in [0.25, 0.3) is 0 Å². The van der Waals surface area contributed by atoms with Gasteiger partial charge < -0.3 is 14.8 Å². The van der Waals surface area contributed by atoms with Crippen molar-refractivity contribution in [3.05, 3.63) is 45.1 Å². The maximum atomic E-state index is 6.09. The molecule has 5 heteroatoms. The van der Waals surface area contributed by atoms with Crippen LogP contribution < -0.4 is 14.8 Å². The predicted molar refractivity (Wildman–Crippen MR) is 84.4 cm³/mol. The Morgan fingerprint density at radius 3 is 2.60 bits per heavy atom. The number of halogens is 1. The number of benzene rings is 1. The van der Waals surface area contributed by atoms with Gasteiger partial charge in [0.2, 0.25) is 0 Å². The van der Waals surface area contributed by atoms with Crippen molar-refractivity contribution in [3.63, 3.8) is 0 Å². The number of methoxy groups -OCH3 is 2. The minimum Gasteiger partial charge on any atom is -0.496 e. The van der Waals surface area contributed by atoms with Gasteiger partial charge in [-0.15, -0.1) is 11.3 Å². The summed E-state index contributed by atoms with van der Waals surface area (Å²) in [6, 6.07) is 7.84. The van der Waals surface area contributed by atoms with Crippen LogP contribution >= 0.6 is 22.9 Å². The van der Waals surface area contributed by atoms with Crippen LogP contribution in [0.2, 0.25) is 5.02 Å². The van der Waals surface area contributed by atoms with Crippen molar-refractivity contribution in [1.29, 1.82) is 0 Å². The minimum absolute atomic E-state index is 0.164. The van der Waals surface area contributed by atoms with E-state index in [0.29, 0.717) is 5.02 Å². The van der Waals surface area contributed by atoms with Gasteiger partial charge in [0.1, 0.15) is 11.5 Å². The summed E-state index contributed by atoms with van der Waals surface area (Å²) < 4.78 is 10.8. The first-order valence-corrected chi connectivity index (χ1v) is 7.56. The second-order valence-corrected chi connectivity index (χ2v) is 5.74. The average molecular weight is 312 g/mol. The second kappa shape index (κ2) is 6.97. The van der Waals surface area contributed by atoms with E-state index in [1.54, 1.807) is 25.6 Å². The largest absolute Gasteiger partial charge is 0.496 e. The molecule has 0 saturated heterocycles. The molecule has 1 atom stereocenters. The molecular formula is C15H18ClNO2S. The van der Waals surface area contributed by atoms with Crippen molar-refractivity contribution >= 4 is 22.9 Å². The predicted octanol–water partition coefficient (Wildman–Crippen LogP) is 3.92. The highest BCUT2D eigenvalue weighted by Crippen LogP contribution is 2.34. The number of rotatable bonds is 6. The number of ether oxygens (including phenoxy) is 2. The lowest BCUT2D eigenvalue weighted by Crippen LogP contribution is -2.18. The number of hydrogen-bond acceptors (Lipinski definition) is 4. The molecule has 0 bridgehead atoms. The van der Waals surface area contributed by atoms with Crippen LogP contribution in [0.3, 0.4) is 0 Å². The van der Waals surface area contributed by atoms with E-state index in [2.05, 4.69) is 5.32 Å². The van der Waals surface area contributed by atoms with E-state index in [1.807, 2.05) is 36.7 Å². The Morgan fingerprint density at radius 2 is 1.95 bits per heavy atom. The van der Waals surface area contributed by atoms with E-state index in [0.717, 1.165) is 23.5 Å². The van der Waals surface area contributed by atoms with Gasteiger partial charge in [-0.05, 0) is 48.7 Å². The maximum absolute atomic E-state index is 6.09. The van der Waals surface area contributed by atoms with Crippen molar-refractivity contribution < 1.29 is 9.47 Å². The van der Waals surface area contributed by atoms with Gasteiger partial charge in [0, 0.05) is 11.1 Å². The molecule has 0 fully saturated rings. The zero-order chi connectivity index (χ0) is 14.5. The standard InChI is InChI=1S/C15H18ClNO2S/c1-17-12(15-14(19-3)6-7-20-15)9-10-8-11(16)4-5-13(10)18-2/h4-8,12,17H,9H2,1-3H3. The van der Waals surface area contributed by atoms with Crippen molar-refractivity contribution in [3.8, 4) is 11.5 Å². The summed E-state index contributed by atoms with van der Waals surface area (Å²) in [5.41, 5.74) is 1.08. The topological polar surface area (TPSA) is 30.5 Å². The lowest BCUT2D eigenvalue weighted by Gasteiger charge is -2.18. The molecule has 0 amide bonds. The summed E-state index contributed by atoms with van der Waals surface area (Å²) in [7, 11) is 5.31. The molecule has 1 aromatic carbocycles. The third kappa shape index (κ3) is 3.26. The Morgan fingerprint density at radius 1 is 1.20 bits per heavy atom. The van der Waals surface area contributed by atoms with Gasteiger partial charge in [-0.2, -0.15) is 0 Å². The molecule has 1 N–H and O–H groups in total. The monoisotopic (exact) mass is 311 g/mol. The Balaban J connectivity index is 2.29. The molecule has 0 radical (unpaired) electrons. The zero-order valence-corrected chi connectivity index (χ0v) is 13.3. The van der Waals surface area contributed by atoms with Gasteiger partial charge in [-0.3, -0.25) is 0 Å². The third-order valence-corrected chi connectivity index (χ3v) is 4.46. The fourth-order valence-electron chi connectivity index (χ4n) is 2.18. The highest BCUT2D eigenvalue weighted by molar-refractivity contribution is 7.10. The average Bonchev–Trinajstić information content (AvgIpc) is 2.93. The van der Waals surface area contributed by atoms with Crippen LogP contribution in [0.15, 0.2) is 29.6 Å². The van der Waals surface area contributed by atoms with Gasteiger partial charge in [-0.1, -0.05) is 11.6 Å². The first kappa shape index (κ1) is 15.2. The summed E-state index contributed by atoms with van der Waals surface area (Å²) in [6.07, 6.45) is 0.789. The van der Waals surface area contributed by atoms with Gasteiger partial charge in [0.25, 0.3) is 0 Å². The molecule has 0 aliphatic heterocycles. The van der Waals surface area contributed by atoms with E-state index in [-0.39, 0.29) is 6.04 Å². The van der Waals surface area contributed by atoms with Crippen LogP contribution in [0.5, 0.6) is 11.5 Å². The molecule has 0 aliphatic rings. The quantitative estimate of drug-likeness (QED) is 0.877. The van der Waals surface area contributed by atoms with E-state index in [4.69, 9.17) is 21.1 Å². The molecule has 1 unspecified atom stereocenters. The molecule has 2 rings (SSSR count). The fourth-order valence-corrected chi connectivity index (χ4v) is 3.35. The summed E-state index contributed by atoms with van der Waals surface area (Å²) in [5.74, 6) is 1.76. The van der Waals surface area contributed by atoms with Crippen molar-refractivity contribution in [2.45, 2.75) is 12.5 Å². The number of hydrogen-bond donors (Lipinski definition) is 1. The number of thiophene rings is 1. The van der Waals surface area contributed by atoms with E-state index < -0.39 is 0 Å². The lowest BCUT2D eigenvalue weighted by atomic mass is 10.0. The van der Waals surface area contributed by atoms with Gasteiger partial charge >= 0.3 is 0 Å². The molecular weight excluding hydrogens is 294 g/mol. The van der Waals surface area contributed by atoms with Gasteiger partial charge in [-0.25, -0.2) is 0 Å². The van der Waals surface area contributed by atoms with Crippen molar-refractivity contribution in [1.82, 2.24) is 5.32 Å². The van der Waals surface area contributed by atoms with E-state index in [1.165, 1.54) is 4.88 Å². The Bertz CT molecular complexity index is 571. The van der Waals surface area contributed by atoms with Crippen LogP contribution in [0, 0.1) is 0 Å². The van der Waals surface area contributed by atoms with Crippen molar-refractivity contribution in [2.75, 3.05) is 21.3 Å². The molecule has 108 valence electrons. The SMILES string of the molecule is CNC(Cc1cc(Cl)ccc1OC)c1sccc1OC. The Hall–Kier alpha value is -1.23. The Kier molecular flexibility index (Phi) is 5.29. The second-order valence-electron chi connectivity index (χ2n) is 4.35. The summed E-state index contributed by atoms with van der Waals surface area (Å²) >= 11 is 7.77. The molecule has 1 heterocycles. The van der Waals surface area contributed by atoms with Crippen LogP contribution in [-0.2, 0) is 6.42 Å². The molecule has 2 aromatic rings. The van der Waals surface area contributed by atoms with Crippen LogP contribution in [-0.4, -0.2) is 21.3 Å². The molecule has 0 saturated carbocycles. The van der Waals surface area contributed by atoms with Crippen molar-refractivity contribution in [2.24, 2.45) is 0 Å². The lowest BCUT2D eigenvalue weighted by molar-refractivity contribution is 0.398. The molecule has 0 spiro atoms. The molecule has 0 aliphatic carbocycles. The number of likely N-dealkylation sites (N-methyl/N-ethyl adjacent to an activating group) is 1. The van der Waals surface area contributed by atoms with Gasteiger partial charge in [0.05, 0.1) is 19.1 Å². The fraction of sp³-hybridized carbons (Fsp3) is 0.333. The summed E-state index contributed by atoms with van der Waals surface area (Å²) in [6.45, 7) is 0. The maximum Gasteiger partial charge on any atom is 0.134 e. The van der Waals surface area contributed by atoms with E-state index >= 15 is 0 Å². The van der Waals surface area contributed by atoms with Gasteiger partial charge in [0.15, 0.2) is 0 Å². The third-order valence-electron chi connectivity index (χ3n) is 3.21. The minimum atomic E-state index is 0.164. The molecule has 20 heavy (non-hydrogen) atoms. The summed E-state index contributed by atoms with van der Waals surface area (Å²) in [5, 5.41) is 6.08. The number of nitrogens with one attached hydrogen (secondary N) is 1.